The summed E-state index contributed by atoms with van der Waals surface area (Å²) in [7, 11) is -1.74. The topological polar surface area (TPSA) is 87.7 Å². The lowest BCUT2D eigenvalue weighted by molar-refractivity contribution is 0.00685. The summed E-state index contributed by atoms with van der Waals surface area (Å²) < 4.78 is 31.2. The Bertz CT molecular complexity index is 1290. The fourth-order valence-corrected chi connectivity index (χ4v) is 8.85. The molecule has 1 aliphatic carbocycles. The highest BCUT2D eigenvalue weighted by atomic mass is 32.2. The number of ether oxygens (including phenoxy) is 1. The van der Waals surface area contributed by atoms with Crippen LogP contribution in [0.4, 0.5) is 4.79 Å². The molecule has 6 rings (SSSR count). The van der Waals surface area contributed by atoms with E-state index in [4.69, 9.17) is 4.74 Å². The molecule has 2 aromatic carbocycles. The molecule has 3 aliphatic heterocycles. The summed E-state index contributed by atoms with van der Waals surface area (Å²) in [5.74, 6) is 0.683. The second-order valence-electron chi connectivity index (χ2n) is 13.0. The minimum atomic E-state index is -3.36. The Kier molecular flexibility index (Phi) is 8.07. The molecule has 40 heavy (non-hydrogen) atoms. The van der Waals surface area contributed by atoms with Crippen LogP contribution in [-0.4, -0.2) is 64.0 Å². The third kappa shape index (κ3) is 6.09. The molecule has 3 heterocycles. The van der Waals surface area contributed by atoms with Gasteiger partial charge in [-0.15, -0.1) is 0 Å². The van der Waals surface area contributed by atoms with Crippen molar-refractivity contribution in [1.29, 1.82) is 0 Å². The van der Waals surface area contributed by atoms with Crippen LogP contribution in [0, 0.1) is 11.3 Å². The Hall–Kier alpha value is -2.42. The summed E-state index contributed by atoms with van der Waals surface area (Å²) in [6, 6.07) is 15.2. The van der Waals surface area contributed by atoms with E-state index in [2.05, 4.69) is 22.5 Å². The number of nitrogens with zero attached hydrogens (tertiary/aromatic N) is 1. The molecule has 0 aromatic heterocycles. The fourth-order valence-electron chi connectivity index (χ4n) is 6.95. The minimum absolute atomic E-state index is 0.105. The molecule has 8 heteroatoms. The number of amides is 2. The first-order valence-corrected chi connectivity index (χ1v) is 16.4. The van der Waals surface area contributed by atoms with E-state index in [-0.39, 0.29) is 22.7 Å². The largest absolute Gasteiger partial charge is 0.384 e. The highest BCUT2D eigenvalue weighted by Crippen LogP contribution is 2.47. The van der Waals surface area contributed by atoms with Gasteiger partial charge >= 0.3 is 6.03 Å². The first kappa shape index (κ1) is 29.1. The summed E-state index contributed by atoms with van der Waals surface area (Å²) in [6.07, 6.45) is 6.17. The van der Waals surface area contributed by atoms with E-state index in [0.717, 1.165) is 74.8 Å². The molecular weight excluding hydrogens is 522 g/mol. The zero-order valence-electron chi connectivity index (χ0n) is 24.5. The number of benzene rings is 2. The van der Waals surface area contributed by atoms with Crippen molar-refractivity contribution in [3.8, 4) is 11.1 Å². The molecule has 0 spiro atoms. The zero-order chi connectivity index (χ0) is 28.6. The van der Waals surface area contributed by atoms with Gasteiger partial charge in [0.05, 0.1) is 28.3 Å². The van der Waals surface area contributed by atoms with Crippen molar-refractivity contribution in [2.75, 3.05) is 39.1 Å². The van der Waals surface area contributed by atoms with Gasteiger partial charge in [-0.25, -0.2) is 13.2 Å². The molecule has 3 saturated heterocycles. The first-order valence-electron chi connectivity index (χ1n) is 14.8. The van der Waals surface area contributed by atoms with Gasteiger partial charge in [0.2, 0.25) is 0 Å². The molecule has 4 fully saturated rings. The van der Waals surface area contributed by atoms with Crippen LogP contribution in [0.1, 0.15) is 64.9 Å². The highest BCUT2D eigenvalue weighted by Gasteiger charge is 2.48. The lowest BCUT2D eigenvalue weighted by Crippen LogP contribution is -2.68. The number of urea groups is 1. The van der Waals surface area contributed by atoms with E-state index in [1.165, 1.54) is 0 Å². The molecule has 2 N–H and O–H groups in total. The van der Waals surface area contributed by atoms with Gasteiger partial charge in [0, 0.05) is 19.1 Å². The number of rotatable bonds is 11. The summed E-state index contributed by atoms with van der Waals surface area (Å²) in [6.45, 7) is 9.98. The van der Waals surface area contributed by atoms with Crippen LogP contribution in [0.25, 0.3) is 11.1 Å². The maximum atomic E-state index is 13.3. The van der Waals surface area contributed by atoms with Crippen LogP contribution in [0.15, 0.2) is 53.4 Å². The molecule has 2 aromatic rings. The smallest absolute Gasteiger partial charge is 0.315 e. The second kappa shape index (κ2) is 11.1. The Labute approximate surface area is 240 Å². The predicted molar refractivity (Wildman–Crippen MR) is 159 cm³/mol. The number of nitrogens with one attached hydrogen (secondary N) is 2. The Balaban J connectivity index is 1.23. The summed E-state index contributed by atoms with van der Waals surface area (Å²) >= 11 is 0. The van der Waals surface area contributed by atoms with Gasteiger partial charge in [-0.1, -0.05) is 49.7 Å². The molecule has 4 aliphatic rings. The SMILES string of the molecule is CCCC1(NC(=O)NC(C)(C)c2ccc(-c3ccc(S(=O)(=O)CC4(COC)CC4)cc3)cc2)CN2CCC1CC2. The maximum Gasteiger partial charge on any atom is 0.315 e. The third-order valence-corrected chi connectivity index (χ3v) is 11.4. The van der Waals surface area contributed by atoms with Crippen LogP contribution >= 0.6 is 0 Å². The highest BCUT2D eigenvalue weighted by molar-refractivity contribution is 7.91. The van der Waals surface area contributed by atoms with Gasteiger partial charge < -0.3 is 20.3 Å². The van der Waals surface area contributed by atoms with Crippen molar-refractivity contribution >= 4 is 15.9 Å². The number of fused-ring (bicyclic) bond motifs is 3. The summed E-state index contributed by atoms with van der Waals surface area (Å²) in [5, 5.41) is 6.66. The van der Waals surface area contributed by atoms with Gasteiger partial charge in [0.25, 0.3) is 0 Å². The molecule has 218 valence electrons. The van der Waals surface area contributed by atoms with E-state index in [1.807, 2.05) is 50.2 Å². The Morgan fingerprint density at radius 2 is 1.62 bits per heavy atom. The van der Waals surface area contributed by atoms with E-state index in [0.29, 0.717) is 17.4 Å². The van der Waals surface area contributed by atoms with Crippen molar-refractivity contribution < 1.29 is 17.9 Å². The fraction of sp³-hybridized carbons (Fsp3) is 0.594. The number of methoxy groups -OCH3 is 1. The molecule has 2 amide bonds. The van der Waals surface area contributed by atoms with E-state index in [1.54, 1.807) is 19.2 Å². The van der Waals surface area contributed by atoms with Crippen molar-refractivity contribution in [3.05, 3.63) is 54.1 Å². The zero-order valence-corrected chi connectivity index (χ0v) is 25.3. The van der Waals surface area contributed by atoms with E-state index >= 15 is 0 Å². The molecule has 0 radical (unpaired) electrons. The lowest BCUT2D eigenvalue weighted by atomic mass is 9.70. The van der Waals surface area contributed by atoms with E-state index < -0.39 is 15.4 Å². The Morgan fingerprint density at radius 1 is 1.02 bits per heavy atom. The molecule has 7 nitrogen and oxygen atoms in total. The first-order chi connectivity index (χ1) is 19.0. The third-order valence-electron chi connectivity index (χ3n) is 9.42. The number of carbonyl (C=O) groups is 1. The van der Waals surface area contributed by atoms with Crippen molar-refractivity contribution in [1.82, 2.24) is 15.5 Å². The standard InChI is InChI=1S/C32H45N3O4S/c1-5-16-32(21-35-19-14-27(32)15-20-35)34-29(36)33-30(2,3)26-10-6-24(7-11-26)25-8-12-28(13-9-25)40(37,38)23-31(17-18-31)22-39-4/h6-13,27H,5,14-23H2,1-4H3,(H2,33,34,36). The van der Waals surface area contributed by atoms with Crippen molar-refractivity contribution in [2.45, 2.75) is 75.3 Å². The number of sulfone groups is 1. The maximum absolute atomic E-state index is 13.3. The molecule has 1 saturated carbocycles. The number of hydrogen-bond donors (Lipinski definition) is 2. The van der Waals surface area contributed by atoms with Gasteiger partial charge in [-0.05, 0) is 93.8 Å². The quantitative estimate of drug-likeness (QED) is 0.382. The average Bonchev–Trinajstić information content (AvgIpc) is 3.67. The van der Waals surface area contributed by atoms with Crippen LogP contribution in [-0.2, 0) is 20.1 Å². The normalized spacial score (nSPS) is 25.4. The van der Waals surface area contributed by atoms with Crippen LogP contribution in [0.5, 0.6) is 0 Å². The number of carbonyl (C=O) groups excluding carboxylic acids is 1. The van der Waals surface area contributed by atoms with Crippen LogP contribution in [0.2, 0.25) is 0 Å². The predicted octanol–water partition coefficient (Wildman–Crippen LogP) is 5.35. The van der Waals surface area contributed by atoms with Crippen LogP contribution in [0.3, 0.4) is 0 Å². The summed E-state index contributed by atoms with van der Waals surface area (Å²) in [4.78, 5) is 16.1. The molecule has 2 bridgehead atoms. The second-order valence-corrected chi connectivity index (χ2v) is 14.9. The van der Waals surface area contributed by atoms with Gasteiger partial charge in [-0.2, -0.15) is 0 Å². The van der Waals surface area contributed by atoms with Crippen molar-refractivity contribution in [3.63, 3.8) is 0 Å². The van der Waals surface area contributed by atoms with Crippen molar-refractivity contribution in [2.24, 2.45) is 11.3 Å². The summed E-state index contributed by atoms with van der Waals surface area (Å²) in [5.41, 5.74) is 2.05. The lowest BCUT2D eigenvalue weighted by Gasteiger charge is -2.54. The number of hydrogen-bond acceptors (Lipinski definition) is 5. The van der Waals surface area contributed by atoms with Gasteiger partial charge in [-0.3, -0.25) is 0 Å². The number of piperidine rings is 3. The van der Waals surface area contributed by atoms with Crippen LogP contribution < -0.4 is 10.6 Å². The van der Waals surface area contributed by atoms with Gasteiger partial charge in [0.1, 0.15) is 0 Å². The molecular formula is C32H45N3O4S. The van der Waals surface area contributed by atoms with Gasteiger partial charge in [0.15, 0.2) is 9.84 Å². The minimum Gasteiger partial charge on any atom is -0.384 e. The molecule has 1 atom stereocenters. The molecule has 1 unspecified atom stereocenters. The Morgan fingerprint density at radius 3 is 2.12 bits per heavy atom. The average molecular weight is 568 g/mol. The monoisotopic (exact) mass is 567 g/mol. The van der Waals surface area contributed by atoms with E-state index in [9.17, 15) is 13.2 Å².